The van der Waals surface area contributed by atoms with E-state index in [9.17, 15) is 4.79 Å². The van der Waals surface area contributed by atoms with E-state index in [1.807, 2.05) is 35.9 Å². The molecule has 5 heteroatoms. The molecule has 0 saturated carbocycles. The lowest BCUT2D eigenvalue weighted by Gasteiger charge is -2.23. The molecule has 0 amide bonds. The number of aromatic nitrogens is 2. The fraction of sp³-hybridized carbons (Fsp3) is 0.462. The Bertz CT molecular complexity index is 596. The van der Waals surface area contributed by atoms with Gasteiger partial charge in [-0.3, -0.25) is 9.13 Å². The van der Waals surface area contributed by atoms with E-state index in [0.717, 1.165) is 37.0 Å². The number of piperidine rings is 1. The summed E-state index contributed by atoms with van der Waals surface area (Å²) in [7, 11) is 1.84. The summed E-state index contributed by atoms with van der Waals surface area (Å²) < 4.78 is 3.69. The molecule has 1 aliphatic rings. The Labute approximate surface area is 112 Å². The van der Waals surface area contributed by atoms with Crippen LogP contribution >= 0.6 is 12.4 Å². The van der Waals surface area contributed by atoms with Crippen molar-refractivity contribution < 1.29 is 0 Å². The van der Waals surface area contributed by atoms with Crippen molar-refractivity contribution in [3.05, 3.63) is 34.7 Å². The van der Waals surface area contributed by atoms with Crippen LogP contribution in [0.5, 0.6) is 0 Å². The molecule has 98 valence electrons. The first-order valence-electron chi connectivity index (χ1n) is 6.15. The third kappa shape index (κ3) is 1.95. The quantitative estimate of drug-likeness (QED) is 0.854. The molecule has 0 spiro atoms. The summed E-state index contributed by atoms with van der Waals surface area (Å²) in [6, 6.07) is 8.30. The summed E-state index contributed by atoms with van der Waals surface area (Å²) in [5.41, 5.74) is 2.16. The van der Waals surface area contributed by atoms with Crippen molar-refractivity contribution in [3.63, 3.8) is 0 Å². The Morgan fingerprint density at radius 2 is 2.00 bits per heavy atom. The van der Waals surface area contributed by atoms with Crippen LogP contribution in [0.2, 0.25) is 0 Å². The first-order chi connectivity index (χ1) is 8.29. The zero-order valence-corrected chi connectivity index (χ0v) is 11.2. The molecule has 0 bridgehead atoms. The van der Waals surface area contributed by atoms with Crippen molar-refractivity contribution in [1.29, 1.82) is 0 Å². The molecule has 18 heavy (non-hydrogen) atoms. The average molecular weight is 268 g/mol. The van der Waals surface area contributed by atoms with Crippen LogP contribution in [-0.4, -0.2) is 22.2 Å². The standard InChI is InChI=1S/C13H17N3O.ClH/c1-15-11-6-2-3-7-12(11)16(13(15)17)10-5-4-8-14-9-10;/h2-3,6-7,10,14H,4-5,8-9H2,1H3;1H/t10-;/m1./s1. The van der Waals surface area contributed by atoms with Gasteiger partial charge >= 0.3 is 5.69 Å². The minimum absolute atomic E-state index is 0. The summed E-state index contributed by atoms with van der Waals surface area (Å²) in [6.45, 7) is 1.96. The van der Waals surface area contributed by atoms with Gasteiger partial charge in [0.25, 0.3) is 0 Å². The molecule has 0 aliphatic carbocycles. The maximum absolute atomic E-state index is 12.3. The molecule has 1 aliphatic heterocycles. The number of nitrogens with one attached hydrogen (secondary N) is 1. The van der Waals surface area contributed by atoms with Crippen molar-refractivity contribution in [2.45, 2.75) is 18.9 Å². The normalized spacial score (nSPS) is 19.7. The molecule has 1 atom stereocenters. The van der Waals surface area contributed by atoms with Crippen molar-refractivity contribution in [3.8, 4) is 0 Å². The van der Waals surface area contributed by atoms with E-state index >= 15 is 0 Å². The van der Waals surface area contributed by atoms with Crippen LogP contribution in [-0.2, 0) is 7.05 Å². The van der Waals surface area contributed by atoms with Gasteiger partial charge in [0.1, 0.15) is 0 Å². The second-order valence-electron chi connectivity index (χ2n) is 4.70. The van der Waals surface area contributed by atoms with E-state index in [2.05, 4.69) is 5.32 Å². The van der Waals surface area contributed by atoms with Gasteiger partial charge in [0.2, 0.25) is 0 Å². The van der Waals surface area contributed by atoms with Crippen molar-refractivity contribution in [2.75, 3.05) is 13.1 Å². The van der Waals surface area contributed by atoms with Gasteiger partial charge in [0.15, 0.2) is 0 Å². The van der Waals surface area contributed by atoms with Crippen LogP contribution in [0.1, 0.15) is 18.9 Å². The average Bonchev–Trinajstić information content (AvgIpc) is 2.64. The van der Waals surface area contributed by atoms with Gasteiger partial charge in [-0.25, -0.2) is 4.79 Å². The van der Waals surface area contributed by atoms with E-state index in [1.165, 1.54) is 0 Å². The highest BCUT2D eigenvalue weighted by molar-refractivity contribution is 5.85. The number of nitrogens with zero attached hydrogens (tertiary/aromatic N) is 2. The van der Waals surface area contributed by atoms with Crippen molar-refractivity contribution in [1.82, 2.24) is 14.5 Å². The molecule has 0 radical (unpaired) electrons. The Hall–Kier alpha value is -1.26. The highest BCUT2D eigenvalue weighted by Gasteiger charge is 2.20. The maximum atomic E-state index is 12.3. The summed E-state index contributed by atoms with van der Waals surface area (Å²) in [5.74, 6) is 0. The first kappa shape index (κ1) is 13.2. The van der Waals surface area contributed by atoms with E-state index in [-0.39, 0.29) is 18.1 Å². The number of fused-ring (bicyclic) bond motifs is 1. The van der Waals surface area contributed by atoms with Gasteiger partial charge < -0.3 is 5.32 Å². The molecule has 1 aromatic carbocycles. The molecule has 1 aromatic heterocycles. The predicted molar refractivity (Wildman–Crippen MR) is 75.6 cm³/mol. The van der Waals surface area contributed by atoms with Crippen LogP contribution in [0, 0.1) is 0 Å². The highest BCUT2D eigenvalue weighted by atomic mass is 35.5. The lowest BCUT2D eigenvalue weighted by atomic mass is 10.1. The second kappa shape index (κ2) is 5.16. The van der Waals surface area contributed by atoms with Gasteiger partial charge in [-0.05, 0) is 31.5 Å². The Kier molecular flexibility index (Phi) is 3.78. The summed E-state index contributed by atoms with van der Waals surface area (Å²) in [5, 5.41) is 3.37. The zero-order valence-electron chi connectivity index (χ0n) is 10.4. The smallest absolute Gasteiger partial charge is 0.315 e. The topological polar surface area (TPSA) is 39.0 Å². The Balaban J connectivity index is 0.00000120. The van der Waals surface area contributed by atoms with Gasteiger partial charge in [0, 0.05) is 13.6 Å². The highest BCUT2D eigenvalue weighted by Crippen LogP contribution is 2.21. The molecule has 2 heterocycles. The number of halogens is 1. The van der Waals surface area contributed by atoms with Crippen LogP contribution < -0.4 is 11.0 Å². The van der Waals surface area contributed by atoms with Crippen LogP contribution in [0.15, 0.2) is 29.1 Å². The summed E-state index contributed by atoms with van der Waals surface area (Å²) >= 11 is 0. The third-order valence-corrected chi connectivity index (χ3v) is 3.63. The van der Waals surface area contributed by atoms with E-state index < -0.39 is 0 Å². The van der Waals surface area contributed by atoms with Gasteiger partial charge in [-0.1, -0.05) is 12.1 Å². The molecule has 2 aromatic rings. The number of rotatable bonds is 1. The number of para-hydroxylation sites is 2. The molecule has 1 saturated heterocycles. The third-order valence-electron chi connectivity index (χ3n) is 3.63. The molecule has 4 nitrogen and oxygen atoms in total. The Morgan fingerprint density at radius 1 is 1.28 bits per heavy atom. The largest absolute Gasteiger partial charge is 0.329 e. The fourth-order valence-electron chi connectivity index (χ4n) is 2.73. The minimum Gasteiger partial charge on any atom is -0.315 e. The number of benzene rings is 1. The van der Waals surface area contributed by atoms with Gasteiger partial charge in [-0.15, -0.1) is 12.4 Å². The van der Waals surface area contributed by atoms with E-state index in [1.54, 1.807) is 4.57 Å². The van der Waals surface area contributed by atoms with Gasteiger partial charge in [-0.2, -0.15) is 0 Å². The molecule has 0 unspecified atom stereocenters. The second-order valence-corrected chi connectivity index (χ2v) is 4.70. The number of hydrogen-bond donors (Lipinski definition) is 1. The monoisotopic (exact) mass is 267 g/mol. The number of imidazole rings is 1. The summed E-state index contributed by atoms with van der Waals surface area (Å²) in [4.78, 5) is 12.3. The minimum atomic E-state index is 0. The molecule has 3 rings (SSSR count). The predicted octanol–water partition coefficient (Wildman–Crippen LogP) is 1.69. The molecule has 1 N–H and O–H groups in total. The van der Waals surface area contributed by atoms with Crippen LogP contribution in [0.3, 0.4) is 0 Å². The molecular weight excluding hydrogens is 250 g/mol. The Morgan fingerprint density at radius 3 is 2.67 bits per heavy atom. The lowest BCUT2D eigenvalue weighted by Crippen LogP contribution is -2.36. The number of aryl methyl sites for hydroxylation is 1. The SMILES string of the molecule is Cl.Cn1c(=O)n([C@@H]2CCCNC2)c2ccccc21. The lowest BCUT2D eigenvalue weighted by molar-refractivity contribution is 0.369. The van der Waals surface area contributed by atoms with E-state index in [0.29, 0.717) is 6.04 Å². The van der Waals surface area contributed by atoms with Crippen LogP contribution in [0.25, 0.3) is 11.0 Å². The van der Waals surface area contributed by atoms with E-state index in [4.69, 9.17) is 0 Å². The molecule has 1 fully saturated rings. The molecular formula is C13H18ClN3O. The number of hydrogen-bond acceptors (Lipinski definition) is 2. The van der Waals surface area contributed by atoms with Gasteiger partial charge in [0.05, 0.1) is 17.1 Å². The zero-order chi connectivity index (χ0) is 11.8. The van der Waals surface area contributed by atoms with Crippen molar-refractivity contribution in [2.24, 2.45) is 7.05 Å². The summed E-state index contributed by atoms with van der Waals surface area (Å²) in [6.07, 6.45) is 2.22. The fourth-order valence-corrected chi connectivity index (χ4v) is 2.73. The van der Waals surface area contributed by atoms with Crippen molar-refractivity contribution >= 4 is 23.4 Å². The maximum Gasteiger partial charge on any atom is 0.329 e. The van der Waals surface area contributed by atoms with Crippen LogP contribution in [0.4, 0.5) is 0 Å². The first-order valence-corrected chi connectivity index (χ1v) is 6.15.